The van der Waals surface area contributed by atoms with Gasteiger partial charge in [-0.1, -0.05) is 18.2 Å². The number of carbonyl (C=O) groups is 4. The van der Waals surface area contributed by atoms with Gasteiger partial charge in [0.1, 0.15) is 6.04 Å². The van der Waals surface area contributed by atoms with E-state index in [1.165, 1.54) is 0 Å². The summed E-state index contributed by atoms with van der Waals surface area (Å²) in [7, 11) is 0. The molecule has 4 fully saturated rings. The van der Waals surface area contributed by atoms with Crippen LogP contribution in [0.15, 0.2) is 42.7 Å². The SMILES string of the molecule is CC1(n2cc(Cc3ccc4c5c(cccc35)C(=O)N4C3CCC(=O)NC3=O)cn2)CCN(C(=O)C23CCN(CC2)C3)CC1. The first-order valence-electron chi connectivity index (χ1n) is 15.5. The molecule has 10 nitrogen and oxygen atoms in total. The first-order chi connectivity index (χ1) is 20.7. The summed E-state index contributed by atoms with van der Waals surface area (Å²) in [5, 5.41) is 9.02. The molecular weight excluding hydrogens is 544 g/mol. The number of fused-ring (bicyclic) bond motifs is 2. The van der Waals surface area contributed by atoms with Gasteiger partial charge in [-0.3, -0.25) is 34.1 Å². The molecule has 0 saturated carbocycles. The average molecular weight is 581 g/mol. The highest BCUT2D eigenvalue weighted by Gasteiger charge is 2.51. The summed E-state index contributed by atoms with van der Waals surface area (Å²) in [5.74, 6) is -0.560. The van der Waals surface area contributed by atoms with Crippen LogP contribution in [0.1, 0.15) is 66.9 Å². The van der Waals surface area contributed by atoms with Gasteiger partial charge in [-0.15, -0.1) is 0 Å². The Balaban J connectivity index is 1.01. The largest absolute Gasteiger partial charge is 0.342 e. The minimum atomic E-state index is -0.696. The number of aromatic nitrogens is 2. The van der Waals surface area contributed by atoms with Crippen LogP contribution >= 0.6 is 0 Å². The highest BCUT2D eigenvalue weighted by atomic mass is 16.2. The monoisotopic (exact) mass is 580 g/mol. The number of rotatable bonds is 5. The lowest BCUT2D eigenvalue weighted by Crippen LogP contribution is -2.53. The number of piperidine rings is 3. The number of anilines is 1. The Morgan fingerprint density at radius 1 is 1.02 bits per heavy atom. The van der Waals surface area contributed by atoms with Gasteiger partial charge in [0.15, 0.2) is 0 Å². The van der Waals surface area contributed by atoms with Gasteiger partial charge in [0.05, 0.1) is 22.8 Å². The Bertz CT molecular complexity index is 1690. The van der Waals surface area contributed by atoms with E-state index >= 15 is 0 Å². The van der Waals surface area contributed by atoms with Crippen molar-refractivity contribution in [3.8, 4) is 0 Å². The second-order valence-electron chi connectivity index (χ2n) is 13.4. The van der Waals surface area contributed by atoms with E-state index in [4.69, 9.17) is 5.10 Å². The van der Waals surface area contributed by atoms with Crippen molar-refractivity contribution in [2.45, 2.75) is 63.5 Å². The lowest BCUT2D eigenvalue weighted by molar-refractivity contribution is -0.143. The second-order valence-corrected chi connectivity index (χ2v) is 13.4. The van der Waals surface area contributed by atoms with Gasteiger partial charge in [-0.05, 0) is 80.8 Å². The van der Waals surface area contributed by atoms with Gasteiger partial charge in [-0.25, -0.2) is 0 Å². The summed E-state index contributed by atoms with van der Waals surface area (Å²) in [6.45, 7) is 6.81. The molecule has 4 amide bonds. The zero-order chi connectivity index (χ0) is 29.5. The number of hydrogen-bond donors (Lipinski definition) is 1. The number of nitrogens with zero attached hydrogens (tertiary/aromatic N) is 5. The number of benzene rings is 2. The van der Waals surface area contributed by atoms with Crippen LogP contribution in [0.25, 0.3) is 10.8 Å². The molecule has 1 unspecified atom stereocenters. The van der Waals surface area contributed by atoms with Gasteiger partial charge < -0.3 is 9.80 Å². The van der Waals surface area contributed by atoms with Crippen LogP contribution in [-0.2, 0) is 26.3 Å². The van der Waals surface area contributed by atoms with Crippen molar-refractivity contribution >= 4 is 40.1 Å². The zero-order valence-electron chi connectivity index (χ0n) is 24.5. The van der Waals surface area contributed by atoms with Gasteiger partial charge in [0.2, 0.25) is 17.7 Å². The molecule has 2 bridgehead atoms. The molecule has 43 heavy (non-hydrogen) atoms. The third kappa shape index (κ3) is 4.06. The first kappa shape index (κ1) is 26.6. The van der Waals surface area contributed by atoms with Crippen molar-refractivity contribution in [1.82, 2.24) is 24.9 Å². The summed E-state index contributed by atoms with van der Waals surface area (Å²) in [4.78, 5) is 57.4. The van der Waals surface area contributed by atoms with E-state index in [2.05, 4.69) is 32.9 Å². The fourth-order valence-corrected chi connectivity index (χ4v) is 8.19. The fourth-order valence-electron chi connectivity index (χ4n) is 8.19. The lowest BCUT2D eigenvalue weighted by Gasteiger charge is -2.42. The smallest absolute Gasteiger partial charge is 0.259 e. The molecule has 0 aliphatic carbocycles. The Labute approximate surface area is 250 Å². The molecule has 8 rings (SSSR count). The van der Waals surface area contributed by atoms with Gasteiger partial charge in [0.25, 0.3) is 5.91 Å². The molecule has 6 heterocycles. The third-order valence-corrected chi connectivity index (χ3v) is 10.8. The number of amides is 4. The van der Waals surface area contributed by atoms with Crippen molar-refractivity contribution in [2.75, 3.05) is 37.6 Å². The lowest BCUT2D eigenvalue weighted by atomic mass is 9.81. The van der Waals surface area contributed by atoms with Crippen LogP contribution in [0.2, 0.25) is 0 Å². The molecule has 1 atom stereocenters. The summed E-state index contributed by atoms with van der Waals surface area (Å²) in [5.41, 5.74) is 3.19. The maximum absolute atomic E-state index is 13.5. The van der Waals surface area contributed by atoms with Crippen molar-refractivity contribution in [2.24, 2.45) is 5.41 Å². The molecule has 0 radical (unpaired) electrons. The van der Waals surface area contributed by atoms with E-state index in [0.717, 1.165) is 86.0 Å². The molecule has 10 heteroatoms. The predicted octanol–water partition coefficient (Wildman–Crippen LogP) is 2.83. The number of imide groups is 1. The topological polar surface area (TPSA) is 108 Å². The van der Waals surface area contributed by atoms with Crippen molar-refractivity contribution in [1.29, 1.82) is 0 Å². The Kier molecular flexibility index (Phi) is 5.85. The van der Waals surface area contributed by atoms with Crippen molar-refractivity contribution in [3.05, 3.63) is 59.4 Å². The van der Waals surface area contributed by atoms with E-state index in [-0.39, 0.29) is 29.2 Å². The number of hydrogen-bond acceptors (Lipinski definition) is 6. The number of likely N-dealkylation sites (tertiary alicyclic amines) is 1. The molecule has 3 aromatic rings. The molecule has 222 valence electrons. The Morgan fingerprint density at radius 2 is 1.81 bits per heavy atom. The maximum atomic E-state index is 13.5. The fraction of sp³-hybridized carbons (Fsp3) is 0.485. The third-order valence-electron chi connectivity index (χ3n) is 10.8. The van der Waals surface area contributed by atoms with E-state index in [1.807, 2.05) is 36.5 Å². The van der Waals surface area contributed by atoms with Gasteiger partial charge >= 0.3 is 0 Å². The van der Waals surface area contributed by atoms with E-state index in [9.17, 15) is 19.2 Å². The van der Waals surface area contributed by atoms with E-state index in [0.29, 0.717) is 24.3 Å². The molecular formula is C33H36N6O4. The molecule has 0 spiro atoms. The molecule has 5 aliphatic heterocycles. The van der Waals surface area contributed by atoms with E-state index in [1.54, 1.807) is 4.90 Å². The van der Waals surface area contributed by atoms with Crippen molar-refractivity contribution < 1.29 is 19.2 Å². The molecule has 2 aromatic carbocycles. The molecule has 1 N–H and O–H groups in total. The second kappa shape index (κ2) is 9.47. The molecule has 5 aliphatic rings. The van der Waals surface area contributed by atoms with Crippen LogP contribution in [0, 0.1) is 5.41 Å². The summed E-state index contributed by atoms with van der Waals surface area (Å²) < 4.78 is 2.09. The van der Waals surface area contributed by atoms with Gasteiger partial charge in [-0.2, -0.15) is 5.10 Å². The zero-order valence-corrected chi connectivity index (χ0v) is 24.5. The molecule has 1 aromatic heterocycles. The van der Waals surface area contributed by atoms with Gasteiger partial charge in [0, 0.05) is 49.6 Å². The minimum absolute atomic E-state index is 0.143. The Hall–Kier alpha value is -4.05. The van der Waals surface area contributed by atoms with Crippen LogP contribution in [-0.4, -0.2) is 82.0 Å². The van der Waals surface area contributed by atoms with Crippen LogP contribution in [0.5, 0.6) is 0 Å². The summed E-state index contributed by atoms with van der Waals surface area (Å²) in [6, 6.07) is 9.01. The Morgan fingerprint density at radius 3 is 2.53 bits per heavy atom. The summed E-state index contributed by atoms with van der Waals surface area (Å²) in [6.07, 6.45) is 9.00. The highest BCUT2D eigenvalue weighted by Crippen LogP contribution is 2.44. The quantitative estimate of drug-likeness (QED) is 0.465. The average Bonchev–Trinajstić information content (AvgIpc) is 3.80. The predicted molar refractivity (Wildman–Crippen MR) is 160 cm³/mol. The number of carbonyl (C=O) groups excluding carboxylic acids is 4. The van der Waals surface area contributed by atoms with Crippen LogP contribution in [0.4, 0.5) is 5.69 Å². The van der Waals surface area contributed by atoms with Crippen LogP contribution in [0.3, 0.4) is 0 Å². The normalized spacial score (nSPS) is 27.8. The highest BCUT2D eigenvalue weighted by molar-refractivity contribution is 6.27. The summed E-state index contributed by atoms with van der Waals surface area (Å²) >= 11 is 0. The number of nitrogens with one attached hydrogen (secondary N) is 1. The van der Waals surface area contributed by atoms with E-state index < -0.39 is 11.9 Å². The first-order valence-corrected chi connectivity index (χ1v) is 15.5. The minimum Gasteiger partial charge on any atom is -0.342 e. The molecule has 4 saturated heterocycles. The standard InChI is InChI=1S/C33H36N6O4/c1-32(9-15-37(16-10-32)31(43)33-11-13-36(20-33)14-12-33)38-19-21(18-34-38)17-22-5-6-25-28-23(22)3-2-4-24(28)30(42)39(25)26-7-8-27(40)35-29(26)41/h2-6,18-19,26H,7-17,20H2,1H3,(H,35,40,41). The van der Waals surface area contributed by atoms with Crippen LogP contribution < -0.4 is 10.2 Å². The maximum Gasteiger partial charge on any atom is 0.259 e. The van der Waals surface area contributed by atoms with Crippen molar-refractivity contribution in [3.63, 3.8) is 0 Å².